The van der Waals surface area contributed by atoms with Crippen molar-refractivity contribution in [3.05, 3.63) is 46.9 Å². The Labute approximate surface area is 115 Å². The number of halogens is 1. The number of aromatic nitrogens is 1. The number of amides is 1. The maximum atomic E-state index is 13.7. The number of oxazole rings is 1. The van der Waals surface area contributed by atoms with E-state index in [-0.39, 0.29) is 17.9 Å². The summed E-state index contributed by atoms with van der Waals surface area (Å²) in [4.78, 5) is 15.1. The Balaban J connectivity index is 2.10. The molecule has 106 valence electrons. The number of nitrogens with two attached hydrogens (primary N) is 1. The third-order valence-corrected chi connectivity index (χ3v) is 2.81. The molecule has 0 saturated carbocycles. The van der Waals surface area contributed by atoms with Gasteiger partial charge in [0.25, 0.3) is 0 Å². The van der Waals surface area contributed by atoms with Gasteiger partial charge in [0.15, 0.2) is 23.2 Å². The quantitative estimate of drug-likeness (QED) is 0.910. The highest BCUT2D eigenvalue weighted by atomic mass is 19.1. The van der Waals surface area contributed by atoms with Crippen LogP contribution in [-0.4, -0.2) is 10.9 Å². The van der Waals surface area contributed by atoms with Crippen LogP contribution in [0.25, 0.3) is 0 Å². The lowest BCUT2D eigenvalue weighted by atomic mass is 10.2. The Morgan fingerprint density at radius 2 is 2.25 bits per heavy atom. The second-order valence-corrected chi connectivity index (χ2v) is 4.27. The largest absolute Gasteiger partial charge is 0.483 e. The molecule has 0 bridgehead atoms. The number of hydrogen-bond acceptors (Lipinski definition) is 4. The average molecular weight is 278 g/mol. The number of carbonyl (C=O) groups is 1. The zero-order valence-electron chi connectivity index (χ0n) is 11.3. The van der Waals surface area contributed by atoms with Gasteiger partial charge in [-0.3, -0.25) is 4.79 Å². The smallest absolute Gasteiger partial charge is 0.248 e. The summed E-state index contributed by atoms with van der Waals surface area (Å²) in [6.07, 6.45) is 0.683. The molecule has 1 aromatic heterocycles. The molecular weight excluding hydrogens is 263 g/mol. The number of rotatable bonds is 5. The SMILES string of the molecule is CCc1nc(C)c(COc2ccc(C(N)=O)cc2F)o1. The van der Waals surface area contributed by atoms with Gasteiger partial charge in [-0.2, -0.15) is 0 Å². The van der Waals surface area contributed by atoms with E-state index < -0.39 is 11.7 Å². The fourth-order valence-electron chi connectivity index (χ4n) is 1.69. The van der Waals surface area contributed by atoms with E-state index in [1.54, 1.807) is 6.92 Å². The molecule has 0 unspecified atom stereocenters. The van der Waals surface area contributed by atoms with Crippen LogP contribution in [0.5, 0.6) is 5.75 Å². The number of carbonyl (C=O) groups excluding carboxylic acids is 1. The zero-order valence-corrected chi connectivity index (χ0v) is 11.3. The van der Waals surface area contributed by atoms with Crippen LogP contribution in [-0.2, 0) is 13.0 Å². The number of primary amides is 1. The van der Waals surface area contributed by atoms with E-state index in [9.17, 15) is 9.18 Å². The number of nitrogens with zero attached hydrogens (tertiary/aromatic N) is 1. The molecule has 0 saturated heterocycles. The van der Waals surface area contributed by atoms with E-state index in [4.69, 9.17) is 14.9 Å². The van der Waals surface area contributed by atoms with Crippen LogP contribution in [0.2, 0.25) is 0 Å². The molecular formula is C14H15FN2O3. The molecule has 2 rings (SSSR count). The monoisotopic (exact) mass is 278 g/mol. The Bertz CT molecular complexity index is 637. The third kappa shape index (κ3) is 2.96. The van der Waals surface area contributed by atoms with Crippen LogP contribution < -0.4 is 10.5 Å². The van der Waals surface area contributed by atoms with Crippen LogP contribution in [0.15, 0.2) is 22.6 Å². The summed E-state index contributed by atoms with van der Waals surface area (Å²) in [6, 6.07) is 3.82. The van der Waals surface area contributed by atoms with Crippen molar-refractivity contribution in [2.24, 2.45) is 5.73 Å². The summed E-state index contributed by atoms with van der Waals surface area (Å²) in [5.41, 5.74) is 5.88. The molecule has 1 aromatic carbocycles. The summed E-state index contributed by atoms with van der Waals surface area (Å²) in [7, 11) is 0. The molecule has 0 spiro atoms. The minimum absolute atomic E-state index is 0.0313. The number of aryl methyl sites for hydroxylation is 2. The molecule has 2 N–H and O–H groups in total. The standard InChI is InChI=1S/C14H15FN2O3/c1-3-13-17-8(2)12(20-13)7-19-11-5-4-9(14(16)18)6-10(11)15/h4-6H,3,7H2,1-2H3,(H2,16,18). The van der Waals surface area contributed by atoms with Crippen molar-refractivity contribution in [2.75, 3.05) is 0 Å². The molecule has 0 fully saturated rings. The molecule has 0 radical (unpaired) electrons. The molecule has 0 aliphatic rings. The first-order chi connectivity index (χ1) is 9.51. The molecule has 0 aliphatic carbocycles. The van der Waals surface area contributed by atoms with Crippen LogP contribution in [0, 0.1) is 12.7 Å². The highest BCUT2D eigenvalue weighted by Gasteiger charge is 2.12. The van der Waals surface area contributed by atoms with Crippen molar-refractivity contribution in [1.29, 1.82) is 0 Å². The Morgan fingerprint density at radius 1 is 1.50 bits per heavy atom. The lowest BCUT2D eigenvalue weighted by Gasteiger charge is -2.06. The van der Waals surface area contributed by atoms with Gasteiger partial charge < -0.3 is 14.9 Å². The molecule has 1 heterocycles. The van der Waals surface area contributed by atoms with Gasteiger partial charge in [0.2, 0.25) is 5.91 Å². The summed E-state index contributed by atoms with van der Waals surface area (Å²) >= 11 is 0. The summed E-state index contributed by atoms with van der Waals surface area (Å²) in [6.45, 7) is 3.80. The van der Waals surface area contributed by atoms with E-state index in [2.05, 4.69) is 4.98 Å². The Hall–Kier alpha value is -2.37. The van der Waals surface area contributed by atoms with Crippen LogP contribution in [0.1, 0.15) is 34.6 Å². The third-order valence-electron chi connectivity index (χ3n) is 2.81. The van der Waals surface area contributed by atoms with E-state index >= 15 is 0 Å². The zero-order chi connectivity index (χ0) is 14.7. The molecule has 20 heavy (non-hydrogen) atoms. The number of ether oxygens (including phenoxy) is 1. The number of benzene rings is 1. The van der Waals surface area contributed by atoms with E-state index in [1.807, 2.05) is 6.92 Å². The first kappa shape index (κ1) is 14.0. The van der Waals surface area contributed by atoms with Crippen molar-refractivity contribution in [1.82, 2.24) is 4.98 Å². The van der Waals surface area contributed by atoms with Crippen molar-refractivity contribution in [2.45, 2.75) is 26.9 Å². The topological polar surface area (TPSA) is 78.4 Å². The normalized spacial score (nSPS) is 10.6. The van der Waals surface area contributed by atoms with E-state index in [0.717, 1.165) is 11.8 Å². The first-order valence-corrected chi connectivity index (χ1v) is 6.18. The summed E-state index contributed by atoms with van der Waals surface area (Å²) in [5.74, 6) is -0.127. The van der Waals surface area contributed by atoms with Gasteiger partial charge in [-0.1, -0.05) is 6.92 Å². The van der Waals surface area contributed by atoms with Crippen molar-refractivity contribution < 1.29 is 18.3 Å². The lowest BCUT2D eigenvalue weighted by molar-refractivity contribution is 0.0999. The van der Waals surface area contributed by atoms with Crippen LogP contribution in [0.3, 0.4) is 0 Å². The maximum Gasteiger partial charge on any atom is 0.248 e. The first-order valence-electron chi connectivity index (χ1n) is 6.18. The number of hydrogen-bond donors (Lipinski definition) is 1. The van der Waals surface area contributed by atoms with E-state index in [0.29, 0.717) is 18.1 Å². The molecule has 5 nitrogen and oxygen atoms in total. The van der Waals surface area contributed by atoms with E-state index in [1.165, 1.54) is 12.1 Å². The summed E-state index contributed by atoms with van der Waals surface area (Å²) < 4.78 is 24.5. The van der Waals surface area contributed by atoms with Gasteiger partial charge in [0, 0.05) is 12.0 Å². The average Bonchev–Trinajstić information content (AvgIpc) is 2.78. The summed E-state index contributed by atoms with van der Waals surface area (Å²) in [5, 5.41) is 0. The highest BCUT2D eigenvalue weighted by Crippen LogP contribution is 2.20. The predicted molar refractivity (Wildman–Crippen MR) is 69.9 cm³/mol. The molecule has 0 aliphatic heterocycles. The van der Waals surface area contributed by atoms with Crippen molar-refractivity contribution >= 4 is 5.91 Å². The second-order valence-electron chi connectivity index (χ2n) is 4.27. The van der Waals surface area contributed by atoms with Crippen LogP contribution >= 0.6 is 0 Å². The molecule has 1 amide bonds. The van der Waals surface area contributed by atoms with Crippen LogP contribution in [0.4, 0.5) is 4.39 Å². The fraction of sp³-hybridized carbons (Fsp3) is 0.286. The van der Waals surface area contributed by atoms with Gasteiger partial charge in [-0.15, -0.1) is 0 Å². The highest BCUT2D eigenvalue weighted by molar-refractivity contribution is 5.92. The Morgan fingerprint density at radius 3 is 2.80 bits per heavy atom. The minimum atomic E-state index is -0.686. The van der Waals surface area contributed by atoms with Gasteiger partial charge in [-0.25, -0.2) is 9.37 Å². The Kier molecular flexibility index (Phi) is 4.02. The van der Waals surface area contributed by atoms with Gasteiger partial charge >= 0.3 is 0 Å². The van der Waals surface area contributed by atoms with Gasteiger partial charge in [0.05, 0.1) is 5.69 Å². The maximum absolute atomic E-state index is 13.7. The predicted octanol–water partition coefficient (Wildman–Crippen LogP) is 2.36. The molecule has 2 aromatic rings. The minimum Gasteiger partial charge on any atom is -0.483 e. The van der Waals surface area contributed by atoms with Crippen molar-refractivity contribution in [3.8, 4) is 5.75 Å². The fourth-order valence-corrected chi connectivity index (χ4v) is 1.69. The lowest BCUT2D eigenvalue weighted by Crippen LogP contribution is -2.11. The van der Waals surface area contributed by atoms with Gasteiger partial charge in [0.1, 0.15) is 6.61 Å². The van der Waals surface area contributed by atoms with Crippen molar-refractivity contribution in [3.63, 3.8) is 0 Å². The van der Waals surface area contributed by atoms with Gasteiger partial charge in [-0.05, 0) is 25.1 Å². The molecule has 6 heteroatoms. The molecule has 0 atom stereocenters. The second kappa shape index (κ2) is 5.73.